The summed E-state index contributed by atoms with van der Waals surface area (Å²) in [7, 11) is 0. The van der Waals surface area contributed by atoms with E-state index in [1.54, 1.807) is 6.92 Å². The Morgan fingerprint density at radius 1 is 1.62 bits per heavy atom. The Balaban J connectivity index is 0. The second-order valence-electron chi connectivity index (χ2n) is 3.53. The van der Waals surface area contributed by atoms with Gasteiger partial charge in [0.05, 0.1) is 12.4 Å². The summed E-state index contributed by atoms with van der Waals surface area (Å²) in [4.78, 5) is 14.3. The van der Waals surface area contributed by atoms with Crippen molar-refractivity contribution in [3.05, 3.63) is 11.9 Å². The zero-order valence-corrected chi connectivity index (χ0v) is 8.83. The fourth-order valence-corrected chi connectivity index (χ4v) is 0.787. The number of nitrogens with zero attached hydrogens (tertiary/aromatic N) is 1. The Morgan fingerprint density at radius 3 is 2.50 bits per heavy atom. The van der Waals surface area contributed by atoms with Gasteiger partial charge in [0.1, 0.15) is 11.4 Å². The molecule has 6 heteroatoms. The van der Waals surface area contributed by atoms with Gasteiger partial charge in [-0.15, -0.1) is 0 Å². The second kappa shape index (κ2) is 6.95. The first-order valence-corrected chi connectivity index (χ1v) is 4.39. The minimum Gasteiger partial charge on any atom is -0.480 e. The van der Waals surface area contributed by atoms with Gasteiger partial charge in [-0.25, -0.2) is 4.39 Å². The zero-order chi connectivity index (χ0) is 12.1. The number of aliphatic carboxylic acids is 1. The second-order valence-corrected chi connectivity index (χ2v) is 3.53. The fourth-order valence-electron chi connectivity index (χ4n) is 0.787. The highest BCUT2D eigenvalue weighted by Gasteiger charge is 2.29. The van der Waals surface area contributed by atoms with E-state index in [1.165, 1.54) is 6.92 Å². The van der Waals surface area contributed by atoms with Gasteiger partial charge >= 0.3 is 5.97 Å². The molecule has 0 fully saturated rings. The summed E-state index contributed by atoms with van der Waals surface area (Å²) in [5.74, 6) is -1.51. The van der Waals surface area contributed by atoms with E-state index < -0.39 is 17.3 Å². The van der Waals surface area contributed by atoms with E-state index >= 15 is 0 Å². The third kappa shape index (κ3) is 6.94. The van der Waals surface area contributed by atoms with Crippen molar-refractivity contribution < 1.29 is 14.3 Å². The normalized spacial score (nSPS) is 16.2. The highest BCUT2D eigenvalue weighted by molar-refractivity contribution is 5.78. The molecule has 0 heterocycles. The number of carboxylic acids is 1. The predicted molar refractivity (Wildman–Crippen MR) is 62.9 cm³/mol. The lowest BCUT2D eigenvalue weighted by atomic mass is 9.99. The number of aliphatic imine (C=N–C) groups is 1. The summed E-state index contributed by atoms with van der Waals surface area (Å²) in [6, 6.07) is 0. The lowest BCUT2D eigenvalue weighted by Gasteiger charge is -2.17. The molecular formula is C10H20FN3O2. The van der Waals surface area contributed by atoms with E-state index in [9.17, 15) is 9.18 Å². The molecular weight excluding hydrogens is 213 g/mol. The van der Waals surface area contributed by atoms with E-state index in [2.05, 4.69) is 4.99 Å². The molecule has 5 nitrogen and oxygen atoms in total. The summed E-state index contributed by atoms with van der Waals surface area (Å²) >= 11 is 0. The highest BCUT2D eigenvalue weighted by Crippen LogP contribution is 2.14. The van der Waals surface area contributed by atoms with Crippen LogP contribution in [0.5, 0.6) is 0 Å². The minimum atomic E-state index is -1.60. The number of amidine groups is 1. The Morgan fingerprint density at radius 2 is 2.12 bits per heavy atom. The molecule has 0 saturated carbocycles. The quantitative estimate of drug-likeness (QED) is 0.487. The molecule has 0 saturated heterocycles. The number of hydrogen-bond acceptors (Lipinski definition) is 3. The van der Waals surface area contributed by atoms with Crippen LogP contribution in [0.25, 0.3) is 0 Å². The smallest absolute Gasteiger partial charge is 0.323 e. The summed E-state index contributed by atoms with van der Waals surface area (Å²) in [5.41, 5.74) is 8.99. The van der Waals surface area contributed by atoms with Gasteiger partial charge in [-0.05, 0) is 19.9 Å². The molecule has 16 heavy (non-hydrogen) atoms. The average Bonchev–Trinajstić information content (AvgIpc) is 2.01. The third-order valence-electron chi connectivity index (χ3n) is 1.68. The van der Waals surface area contributed by atoms with Crippen molar-refractivity contribution in [3.63, 3.8) is 0 Å². The summed E-state index contributed by atoms with van der Waals surface area (Å²) in [6.45, 7) is 2.92. The maximum Gasteiger partial charge on any atom is 0.323 e. The molecule has 0 aromatic heterocycles. The highest BCUT2D eigenvalue weighted by atomic mass is 19.1. The van der Waals surface area contributed by atoms with Crippen molar-refractivity contribution in [1.82, 2.24) is 0 Å². The van der Waals surface area contributed by atoms with Crippen LogP contribution in [0.2, 0.25) is 0 Å². The third-order valence-corrected chi connectivity index (χ3v) is 1.68. The summed E-state index contributed by atoms with van der Waals surface area (Å²) < 4.78 is 13.1. The molecule has 0 aromatic rings. The minimum absolute atomic E-state index is 0. The first kappa shape index (κ1) is 17.0. The van der Waals surface area contributed by atoms with Crippen molar-refractivity contribution in [1.29, 1.82) is 0 Å². The number of carbonyl (C=O) groups is 1. The van der Waals surface area contributed by atoms with Crippen LogP contribution in [0, 0.1) is 0 Å². The fraction of sp³-hybridized carbons (Fsp3) is 0.600. The van der Waals surface area contributed by atoms with Gasteiger partial charge in [-0.3, -0.25) is 9.79 Å². The Labute approximate surface area is 95.0 Å². The summed E-state index contributed by atoms with van der Waals surface area (Å²) in [6.07, 6.45) is 0.798. The monoisotopic (exact) mass is 233 g/mol. The molecule has 0 rings (SSSR count). The van der Waals surface area contributed by atoms with Gasteiger partial charge in [0.2, 0.25) is 0 Å². The lowest BCUT2D eigenvalue weighted by Crippen LogP contribution is -2.44. The van der Waals surface area contributed by atoms with Crippen LogP contribution in [0.1, 0.15) is 27.7 Å². The van der Waals surface area contributed by atoms with Gasteiger partial charge in [-0.2, -0.15) is 0 Å². The average molecular weight is 233 g/mol. The molecule has 0 aromatic carbocycles. The van der Waals surface area contributed by atoms with Crippen LogP contribution >= 0.6 is 0 Å². The van der Waals surface area contributed by atoms with Gasteiger partial charge < -0.3 is 16.6 Å². The Hall–Kier alpha value is -1.43. The van der Waals surface area contributed by atoms with E-state index in [4.69, 9.17) is 16.6 Å². The number of carboxylic acid groups (broad SMARTS) is 1. The molecule has 5 N–H and O–H groups in total. The van der Waals surface area contributed by atoms with E-state index in [-0.39, 0.29) is 20.4 Å². The van der Waals surface area contributed by atoms with Crippen LogP contribution in [-0.2, 0) is 4.79 Å². The lowest BCUT2D eigenvalue weighted by molar-refractivity contribution is -0.142. The number of halogens is 1. The zero-order valence-electron chi connectivity index (χ0n) is 8.83. The van der Waals surface area contributed by atoms with Gasteiger partial charge in [-0.1, -0.05) is 7.43 Å². The van der Waals surface area contributed by atoms with Crippen molar-refractivity contribution in [2.75, 3.05) is 6.54 Å². The van der Waals surface area contributed by atoms with Gasteiger partial charge in [0, 0.05) is 6.42 Å². The standard InChI is InChI=1S/C9H16FN3O2.CH4/c1-6(11)13-4-3-7(10)5-9(2,12)8(14)15;/h3H,4-5,12H2,1-2H3,(H2,11,13)(H,14,15);1H4/b7-3-;/t9-;/m0./s1. The molecule has 0 spiro atoms. The van der Waals surface area contributed by atoms with Crippen LogP contribution in [0.15, 0.2) is 16.9 Å². The molecule has 0 unspecified atom stereocenters. The largest absolute Gasteiger partial charge is 0.480 e. The van der Waals surface area contributed by atoms with E-state index in [0.29, 0.717) is 5.84 Å². The number of nitrogens with two attached hydrogens (primary N) is 2. The molecule has 0 aliphatic heterocycles. The molecule has 0 radical (unpaired) electrons. The van der Waals surface area contributed by atoms with Crippen molar-refractivity contribution in [3.8, 4) is 0 Å². The number of hydrogen-bond donors (Lipinski definition) is 3. The molecule has 0 aliphatic carbocycles. The van der Waals surface area contributed by atoms with Crippen molar-refractivity contribution in [2.45, 2.75) is 33.2 Å². The molecule has 1 atom stereocenters. The van der Waals surface area contributed by atoms with Gasteiger partial charge in [0.15, 0.2) is 0 Å². The van der Waals surface area contributed by atoms with Crippen molar-refractivity contribution >= 4 is 11.8 Å². The first-order valence-electron chi connectivity index (χ1n) is 4.39. The topological polar surface area (TPSA) is 102 Å². The maximum absolute atomic E-state index is 13.1. The van der Waals surface area contributed by atoms with E-state index in [1.807, 2.05) is 0 Å². The molecule has 0 bridgehead atoms. The number of rotatable bonds is 5. The van der Waals surface area contributed by atoms with E-state index in [0.717, 1.165) is 6.08 Å². The Kier molecular flexibility index (Phi) is 7.37. The van der Waals surface area contributed by atoms with Crippen LogP contribution in [0.3, 0.4) is 0 Å². The van der Waals surface area contributed by atoms with Crippen LogP contribution < -0.4 is 11.5 Å². The Bertz CT molecular complexity index is 294. The van der Waals surface area contributed by atoms with Crippen LogP contribution in [-0.4, -0.2) is 29.0 Å². The van der Waals surface area contributed by atoms with Gasteiger partial charge in [0.25, 0.3) is 0 Å². The SMILES string of the molecule is C.CC(N)=NC/C=C(\F)C[C@](C)(N)C(=O)O. The maximum atomic E-state index is 13.1. The predicted octanol–water partition coefficient (Wildman–Crippen LogP) is 1.05. The molecule has 0 aliphatic rings. The first-order chi connectivity index (χ1) is 6.75. The van der Waals surface area contributed by atoms with Crippen LogP contribution in [0.4, 0.5) is 4.39 Å². The van der Waals surface area contributed by atoms with Crippen molar-refractivity contribution in [2.24, 2.45) is 16.5 Å². The molecule has 94 valence electrons. The summed E-state index contributed by atoms with van der Waals surface area (Å²) in [5, 5.41) is 8.64. The molecule has 0 amide bonds.